The monoisotopic (exact) mass is 247 g/mol. The molecule has 0 unspecified atom stereocenters. The molecule has 0 fully saturated rings. The highest BCUT2D eigenvalue weighted by atomic mass is 35.5. The van der Waals surface area contributed by atoms with Gasteiger partial charge >= 0.3 is 5.97 Å². The maximum Gasteiger partial charge on any atom is 0.312 e. The lowest BCUT2D eigenvalue weighted by Crippen LogP contribution is -2.27. The molecule has 0 saturated carbocycles. The van der Waals surface area contributed by atoms with Crippen LogP contribution in [-0.4, -0.2) is 28.9 Å². The highest BCUT2D eigenvalue weighted by Crippen LogP contribution is 2.22. The number of carbonyl (C=O) groups excluding carboxylic acids is 1. The van der Waals surface area contributed by atoms with Crippen molar-refractivity contribution in [2.75, 3.05) is 7.05 Å². The molecule has 0 atom stereocenters. The summed E-state index contributed by atoms with van der Waals surface area (Å²) in [5.41, 5.74) is 0. The maximum absolute atomic E-state index is 11.3. The number of aliphatic carboxylic acids is 1. The number of carboxylic acids is 1. The standard InChI is InChI=1S/C9H10ClNO3S/c1-11(8(12)4-9(13)14)5-6-2-3-7(10)15-6/h2-3H,4-5H2,1H3,(H,13,14). The Morgan fingerprint density at radius 1 is 1.53 bits per heavy atom. The van der Waals surface area contributed by atoms with E-state index < -0.39 is 18.3 Å². The predicted molar refractivity (Wildman–Crippen MR) is 58.1 cm³/mol. The fourth-order valence-corrected chi connectivity index (χ4v) is 2.16. The molecule has 0 aromatic carbocycles. The van der Waals surface area contributed by atoms with E-state index in [4.69, 9.17) is 16.7 Å². The van der Waals surface area contributed by atoms with E-state index in [0.29, 0.717) is 10.9 Å². The zero-order valence-corrected chi connectivity index (χ0v) is 9.64. The lowest BCUT2D eigenvalue weighted by atomic mass is 10.3. The van der Waals surface area contributed by atoms with Gasteiger partial charge in [0.2, 0.25) is 5.91 Å². The molecule has 1 aromatic heterocycles. The number of carbonyl (C=O) groups is 2. The zero-order valence-electron chi connectivity index (χ0n) is 8.07. The lowest BCUT2D eigenvalue weighted by molar-refractivity contribution is -0.143. The average Bonchev–Trinajstić information content (AvgIpc) is 2.50. The van der Waals surface area contributed by atoms with Crippen LogP contribution in [0.2, 0.25) is 4.34 Å². The van der Waals surface area contributed by atoms with Gasteiger partial charge < -0.3 is 10.0 Å². The first-order chi connectivity index (χ1) is 6.99. The van der Waals surface area contributed by atoms with E-state index in [2.05, 4.69) is 0 Å². The molecule has 0 saturated heterocycles. The third-order valence-corrected chi connectivity index (χ3v) is 2.97. The largest absolute Gasteiger partial charge is 0.481 e. The molecule has 0 spiro atoms. The summed E-state index contributed by atoms with van der Waals surface area (Å²) in [5.74, 6) is -1.52. The molecule has 6 heteroatoms. The van der Waals surface area contributed by atoms with Crippen molar-refractivity contribution >= 4 is 34.8 Å². The van der Waals surface area contributed by atoms with Gasteiger partial charge in [0, 0.05) is 11.9 Å². The highest BCUT2D eigenvalue weighted by molar-refractivity contribution is 7.16. The van der Waals surface area contributed by atoms with Crippen molar-refractivity contribution in [3.63, 3.8) is 0 Å². The molecule has 1 amide bonds. The Kier molecular flexibility index (Phi) is 4.11. The van der Waals surface area contributed by atoms with Gasteiger partial charge in [-0.3, -0.25) is 9.59 Å². The van der Waals surface area contributed by atoms with Crippen LogP contribution in [0.5, 0.6) is 0 Å². The Hall–Kier alpha value is -1.07. The minimum Gasteiger partial charge on any atom is -0.481 e. The van der Waals surface area contributed by atoms with E-state index in [-0.39, 0.29) is 0 Å². The number of nitrogens with zero attached hydrogens (tertiary/aromatic N) is 1. The van der Waals surface area contributed by atoms with Gasteiger partial charge in [0.05, 0.1) is 10.9 Å². The molecule has 0 aliphatic rings. The Morgan fingerprint density at radius 2 is 2.20 bits per heavy atom. The van der Waals surface area contributed by atoms with Gasteiger partial charge in [-0.25, -0.2) is 0 Å². The summed E-state index contributed by atoms with van der Waals surface area (Å²) in [5, 5.41) is 8.44. The van der Waals surface area contributed by atoms with Crippen molar-refractivity contribution in [3.8, 4) is 0 Å². The third kappa shape index (κ3) is 3.89. The fraction of sp³-hybridized carbons (Fsp3) is 0.333. The minimum absolute atomic E-state index is 0.392. The Bertz CT molecular complexity index is 377. The first-order valence-electron chi connectivity index (χ1n) is 4.19. The van der Waals surface area contributed by atoms with Crippen LogP contribution in [-0.2, 0) is 16.1 Å². The number of hydrogen-bond acceptors (Lipinski definition) is 3. The van der Waals surface area contributed by atoms with Gasteiger partial charge in [-0.1, -0.05) is 11.6 Å². The number of thiophene rings is 1. The SMILES string of the molecule is CN(Cc1ccc(Cl)s1)C(=O)CC(=O)O. The summed E-state index contributed by atoms with van der Waals surface area (Å²) in [6.45, 7) is 0.392. The van der Waals surface area contributed by atoms with Crippen LogP contribution in [0.25, 0.3) is 0 Å². The number of hydrogen-bond donors (Lipinski definition) is 1. The predicted octanol–water partition coefficient (Wildman–Crippen LogP) is 1.83. The summed E-state index contributed by atoms with van der Waals surface area (Å²) in [7, 11) is 1.57. The van der Waals surface area contributed by atoms with Crippen LogP contribution < -0.4 is 0 Å². The molecule has 15 heavy (non-hydrogen) atoms. The van der Waals surface area contributed by atoms with Crippen LogP contribution in [0, 0.1) is 0 Å². The summed E-state index contributed by atoms with van der Waals surface area (Å²) in [6.07, 6.45) is -0.477. The molecule has 1 rings (SSSR count). The first kappa shape index (κ1) is 12.0. The molecule has 1 heterocycles. The summed E-state index contributed by atoms with van der Waals surface area (Å²) in [4.78, 5) is 23.9. The maximum atomic E-state index is 11.3. The average molecular weight is 248 g/mol. The first-order valence-corrected chi connectivity index (χ1v) is 5.38. The van der Waals surface area contributed by atoms with Gasteiger partial charge in [-0.05, 0) is 12.1 Å². The van der Waals surface area contributed by atoms with E-state index in [1.165, 1.54) is 16.2 Å². The minimum atomic E-state index is -1.11. The van der Waals surface area contributed by atoms with Gasteiger partial charge in [-0.15, -0.1) is 11.3 Å². The molecule has 82 valence electrons. The van der Waals surface area contributed by atoms with Crippen LogP contribution >= 0.6 is 22.9 Å². The van der Waals surface area contributed by atoms with Crippen LogP contribution in [0.15, 0.2) is 12.1 Å². The summed E-state index contributed by atoms with van der Waals surface area (Å²) in [6, 6.07) is 3.56. The Morgan fingerprint density at radius 3 is 2.67 bits per heavy atom. The molecule has 0 aliphatic heterocycles. The molecule has 1 aromatic rings. The normalized spacial score (nSPS) is 10.0. The fourth-order valence-electron chi connectivity index (χ4n) is 1.02. The quantitative estimate of drug-likeness (QED) is 0.826. The second-order valence-corrected chi connectivity index (χ2v) is 4.83. The van der Waals surface area contributed by atoms with E-state index in [1.54, 1.807) is 13.1 Å². The van der Waals surface area contributed by atoms with E-state index >= 15 is 0 Å². The van der Waals surface area contributed by atoms with E-state index in [0.717, 1.165) is 4.88 Å². The molecule has 1 N–H and O–H groups in total. The lowest BCUT2D eigenvalue weighted by Gasteiger charge is -2.14. The number of halogens is 1. The zero-order chi connectivity index (χ0) is 11.4. The summed E-state index contributed by atoms with van der Waals surface area (Å²) >= 11 is 7.11. The van der Waals surface area contributed by atoms with Crippen molar-refractivity contribution in [3.05, 3.63) is 21.3 Å². The smallest absolute Gasteiger partial charge is 0.312 e. The van der Waals surface area contributed by atoms with Crippen molar-refractivity contribution in [2.45, 2.75) is 13.0 Å². The molecule has 4 nitrogen and oxygen atoms in total. The molecule has 0 bridgehead atoms. The van der Waals surface area contributed by atoms with Crippen molar-refractivity contribution in [1.29, 1.82) is 0 Å². The van der Waals surface area contributed by atoms with Crippen LogP contribution in [0.4, 0.5) is 0 Å². The van der Waals surface area contributed by atoms with Crippen LogP contribution in [0.3, 0.4) is 0 Å². The molecule has 0 radical (unpaired) electrons. The summed E-state index contributed by atoms with van der Waals surface area (Å²) < 4.78 is 0.657. The third-order valence-electron chi connectivity index (χ3n) is 1.75. The van der Waals surface area contributed by atoms with Crippen molar-refractivity contribution in [2.24, 2.45) is 0 Å². The van der Waals surface area contributed by atoms with Crippen LogP contribution in [0.1, 0.15) is 11.3 Å². The topological polar surface area (TPSA) is 57.6 Å². The van der Waals surface area contributed by atoms with Crippen molar-refractivity contribution < 1.29 is 14.7 Å². The van der Waals surface area contributed by atoms with Gasteiger partial charge in [0.1, 0.15) is 6.42 Å². The molecular weight excluding hydrogens is 238 g/mol. The second-order valence-electron chi connectivity index (χ2n) is 3.03. The number of amides is 1. The highest BCUT2D eigenvalue weighted by Gasteiger charge is 2.13. The van der Waals surface area contributed by atoms with Gasteiger partial charge in [0.25, 0.3) is 0 Å². The molecular formula is C9H10ClNO3S. The van der Waals surface area contributed by atoms with Gasteiger partial charge in [0.15, 0.2) is 0 Å². The molecule has 0 aliphatic carbocycles. The Balaban J connectivity index is 2.51. The number of carboxylic acid groups (broad SMARTS) is 1. The van der Waals surface area contributed by atoms with Crippen molar-refractivity contribution in [1.82, 2.24) is 4.90 Å². The Labute approximate surface area is 96.1 Å². The van der Waals surface area contributed by atoms with Gasteiger partial charge in [-0.2, -0.15) is 0 Å². The number of rotatable bonds is 4. The van der Waals surface area contributed by atoms with E-state index in [9.17, 15) is 9.59 Å². The second kappa shape index (κ2) is 5.14. The van der Waals surface area contributed by atoms with E-state index in [1.807, 2.05) is 6.07 Å².